The van der Waals surface area contributed by atoms with Gasteiger partial charge in [0.2, 0.25) is 0 Å². The lowest BCUT2D eigenvalue weighted by molar-refractivity contribution is 0.257. The van der Waals surface area contributed by atoms with Gasteiger partial charge >= 0.3 is 0 Å². The van der Waals surface area contributed by atoms with Crippen LogP contribution in [0.2, 0.25) is 0 Å². The number of hydrogen-bond donors (Lipinski definition) is 0. The van der Waals surface area contributed by atoms with Crippen LogP contribution in [0.4, 0.5) is 0 Å². The first-order valence-corrected chi connectivity index (χ1v) is 8.23. The molecule has 0 aliphatic heterocycles. The lowest BCUT2D eigenvalue weighted by atomic mass is 9.78. The Morgan fingerprint density at radius 2 is 1.61 bits per heavy atom. The van der Waals surface area contributed by atoms with E-state index in [9.17, 15) is 0 Å². The summed E-state index contributed by atoms with van der Waals surface area (Å²) in [5, 5.41) is 0. The molecule has 0 amide bonds. The minimum Gasteiger partial charge on any atom is -0.0992 e. The minimum absolute atomic E-state index is 0.574. The van der Waals surface area contributed by atoms with Gasteiger partial charge in [-0.2, -0.15) is 0 Å². The third-order valence-electron chi connectivity index (χ3n) is 5.77. The molecular formula is C18H32. The van der Waals surface area contributed by atoms with Crippen molar-refractivity contribution in [3.63, 3.8) is 0 Å². The Morgan fingerprint density at radius 1 is 0.944 bits per heavy atom. The predicted octanol–water partition coefficient (Wildman–Crippen LogP) is 5.98. The van der Waals surface area contributed by atoms with E-state index < -0.39 is 0 Å². The average Bonchev–Trinajstić information content (AvgIpc) is 2.96. The highest BCUT2D eigenvalue weighted by atomic mass is 14.5. The molecule has 18 heavy (non-hydrogen) atoms. The van der Waals surface area contributed by atoms with Crippen molar-refractivity contribution < 1.29 is 0 Å². The number of hydrogen-bond acceptors (Lipinski definition) is 0. The molecule has 0 N–H and O–H groups in total. The van der Waals surface area contributed by atoms with Crippen LogP contribution in [-0.4, -0.2) is 0 Å². The Kier molecular flexibility index (Phi) is 4.56. The van der Waals surface area contributed by atoms with Crippen LogP contribution in [0.1, 0.15) is 78.6 Å². The number of rotatable bonds is 0. The van der Waals surface area contributed by atoms with Gasteiger partial charge in [-0.3, -0.25) is 0 Å². The van der Waals surface area contributed by atoms with E-state index in [4.69, 9.17) is 0 Å². The van der Waals surface area contributed by atoms with Crippen LogP contribution in [0.3, 0.4) is 0 Å². The van der Waals surface area contributed by atoms with Crippen LogP contribution in [-0.2, 0) is 0 Å². The standard InChI is InChI=1S/C18H32/c1-14-8-6-5-7-11-18(13-17(18)4)16(3)10-9-15(2)12-14/h14-16H,4-13H2,1-3H3. The molecule has 0 aromatic heterocycles. The topological polar surface area (TPSA) is 0 Å². The second-order valence-electron chi connectivity index (χ2n) is 7.46. The molecule has 0 aromatic rings. The summed E-state index contributed by atoms with van der Waals surface area (Å²) in [7, 11) is 0. The fourth-order valence-corrected chi connectivity index (χ4v) is 4.21. The normalized spacial score (nSPS) is 43.3. The van der Waals surface area contributed by atoms with E-state index in [-0.39, 0.29) is 0 Å². The molecule has 0 heteroatoms. The molecule has 104 valence electrons. The molecule has 0 bridgehead atoms. The highest BCUT2D eigenvalue weighted by Gasteiger charge is 2.50. The van der Waals surface area contributed by atoms with Gasteiger partial charge in [-0.1, -0.05) is 65.0 Å². The van der Waals surface area contributed by atoms with Gasteiger partial charge in [0.1, 0.15) is 0 Å². The van der Waals surface area contributed by atoms with Gasteiger partial charge in [-0.05, 0) is 48.9 Å². The Bertz CT molecular complexity index is 290. The van der Waals surface area contributed by atoms with Crippen molar-refractivity contribution in [2.24, 2.45) is 23.2 Å². The Morgan fingerprint density at radius 3 is 2.28 bits per heavy atom. The zero-order valence-corrected chi connectivity index (χ0v) is 12.8. The molecule has 4 unspecified atom stereocenters. The molecule has 0 nitrogen and oxygen atoms in total. The van der Waals surface area contributed by atoms with Gasteiger partial charge < -0.3 is 0 Å². The molecule has 0 saturated heterocycles. The van der Waals surface area contributed by atoms with E-state index in [1.165, 1.54) is 57.8 Å². The van der Waals surface area contributed by atoms with Gasteiger partial charge in [0, 0.05) is 0 Å². The average molecular weight is 248 g/mol. The van der Waals surface area contributed by atoms with Crippen LogP contribution >= 0.6 is 0 Å². The zero-order valence-electron chi connectivity index (χ0n) is 12.8. The van der Waals surface area contributed by atoms with Gasteiger partial charge in [0.05, 0.1) is 0 Å². The van der Waals surface area contributed by atoms with E-state index in [1.54, 1.807) is 5.57 Å². The van der Waals surface area contributed by atoms with Crippen molar-refractivity contribution in [2.45, 2.75) is 78.6 Å². The number of allylic oxidation sites excluding steroid dienone is 1. The third-order valence-corrected chi connectivity index (χ3v) is 5.77. The van der Waals surface area contributed by atoms with Gasteiger partial charge in [-0.25, -0.2) is 0 Å². The maximum absolute atomic E-state index is 4.29. The zero-order chi connectivity index (χ0) is 13.2. The smallest absolute Gasteiger partial charge is 0.00276 e. The first kappa shape index (κ1) is 14.2. The maximum Gasteiger partial charge on any atom is -0.00276 e. The third kappa shape index (κ3) is 3.19. The van der Waals surface area contributed by atoms with Crippen LogP contribution in [0.15, 0.2) is 12.2 Å². The second-order valence-corrected chi connectivity index (χ2v) is 7.46. The van der Waals surface area contributed by atoms with Crippen molar-refractivity contribution in [2.75, 3.05) is 0 Å². The van der Waals surface area contributed by atoms with Crippen molar-refractivity contribution in [1.29, 1.82) is 0 Å². The highest BCUT2D eigenvalue weighted by Crippen LogP contribution is 2.61. The summed E-state index contributed by atoms with van der Waals surface area (Å²) in [5.41, 5.74) is 2.14. The van der Waals surface area contributed by atoms with E-state index >= 15 is 0 Å². The van der Waals surface area contributed by atoms with Gasteiger partial charge in [0.25, 0.3) is 0 Å². The monoisotopic (exact) mass is 248 g/mol. The Labute approximate surface area is 114 Å². The summed E-state index contributed by atoms with van der Waals surface area (Å²) in [5.74, 6) is 2.74. The highest BCUT2D eigenvalue weighted by molar-refractivity contribution is 5.30. The summed E-state index contributed by atoms with van der Waals surface area (Å²) in [6, 6.07) is 0. The lowest BCUT2D eigenvalue weighted by Gasteiger charge is -2.26. The largest absolute Gasteiger partial charge is 0.0992 e. The molecular weight excluding hydrogens is 216 g/mol. The van der Waals surface area contributed by atoms with Gasteiger partial charge in [-0.15, -0.1) is 0 Å². The molecule has 0 heterocycles. The van der Waals surface area contributed by atoms with E-state index in [1.807, 2.05) is 0 Å². The molecule has 2 aliphatic carbocycles. The van der Waals surface area contributed by atoms with Crippen molar-refractivity contribution in [3.8, 4) is 0 Å². The Balaban J connectivity index is 1.94. The van der Waals surface area contributed by atoms with Crippen molar-refractivity contribution in [1.82, 2.24) is 0 Å². The molecule has 0 radical (unpaired) electrons. The van der Waals surface area contributed by atoms with E-state index in [2.05, 4.69) is 27.4 Å². The molecule has 2 fully saturated rings. The summed E-state index contributed by atoms with van der Waals surface area (Å²) in [6.45, 7) is 11.7. The molecule has 2 aliphatic rings. The maximum atomic E-state index is 4.29. The van der Waals surface area contributed by atoms with E-state index in [0.717, 1.165) is 17.8 Å². The van der Waals surface area contributed by atoms with E-state index in [0.29, 0.717) is 5.41 Å². The molecule has 1 spiro atoms. The molecule has 0 aromatic carbocycles. The molecule has 2 saturated carbocycles. The van der Waals surface area contributed by atoms with Crippen LogP contribution in [0.25, 0.3) is 0 Å². The summed E-state index contributed by atoms with van der Waals surface area (Å²) >= 11 is 0. The first-order chi connectivity index (χ1) is 8.54. The second kappa shape index (κ2) is 5.80. The first-order valence-electron chi connectivity index (χ1n) is 8.23. The SMILES string of the molecule is C=C1CC12CCCCCC(C)CC(C)CCC2C. The van der Waals surface area contributed by atoms with Crippen LogP contribution in [0, 0.1) is 23.2 Å². The fourth-order valence-electron chi connectivity index (χ4n) is 4.21. The van der Waals surface area contributed by atoms with Crippen molar-refractivity contribution in [3.05, 3.63) is 12.2 Å². The summed E-state index contributed by atoms with van der Waals surface area (Å²) < 4.78 is 0. The lowest BCUT2D eigenvalue weighted by Crippen LogP contribution is -2.16. The minimum atomic E-state index is 0.574. The Hall–Kier alpha value is -0.260. The summed E-state index contributed by atoms with van der Waals surface area (Å²) in [4.78, 5) is 0. The fraction of sp³-hybridized carbons (Fsp3) is 0.889. The summed E-state index contributed by atoms with van der Waals surface area (Å²) in [6.07, 6.45) is 12.8. The molecule has 2 rings (SSSR count). The quantitative estimate of drug-likeness (QED) is 0.463. The molecule has 4 atom stereocenters. The van der Waals surface area contributed by atoms with Gasteiger partial charge in [0.15, 0.2) is 0 Å². The van der Waals surface area contributed by atoms with Crippen LogP contribution in [0.5, 0.6) is 0 Å². The van der Waals surface area contributed by atoms with Crippen molar-refractivity contribution >= 4 is 0 Å². The van der Waals surface area contributed by atoms with Crippen LogP contribution < -0.4 is 0 Å². The predicted molar refractivity (Wildman–Crippen MR) is 80.6 cm³/mol.